The molecule has 2 nitrogen and oxygen atoms in total. The van der Waals surface area contributed by atoms with Crippen LogP contribution in [0.5, 0.6) is 0 Å². The minimum absolute atomic E-state index is 0.00637. The lowest BCUT2D eigenvalue weighted by Gasteiger charge is -2.07. The number of aromatic amines is 1. The van der Waals surface area contributed by atoms with Gasteiger partial charge in [0.15, 0.2) is 0 Å². The molecule has 6 heteroatoms. The summed E-state index contributed by atoms with van der Waals surface area (Å²) in [6.45, 7) is 0. The first-order valence-corrected chi connectivity index (χ1v) is 4.48. The molecule has 0 saturated heterocycles. The molecule has 0 fully saturated rings. The summed E-state index contributed by atoms with van der Waals surface area (Å²) in [6, 6.07) is 2.38. The molecule has 0 bridgehead atoms. The fourth-order valence-electron chi connectivity index (χ4n) is 1.24. The Balaban J connectivity index is 2.80. The minimum atomic E-state index is -4.36. The molecule has 1 N–H and O–H groups in total. The van der Waals surface area contributed by atoms with E-state index in [1.165, 1.54) is 12.3 Å². The molecule has 14 heavy (non-hydrogen) atoms. The third kappa shape index (κ3) is 1.39. The van der Waals surface area contributed by atoms with Crippen LogP contribution in [0, 0.1) is 0 Å². The Kier molecular flexibility index (Phi) is 2.02. The number of aromatic nitrogens is 2. The van der Waals surface area contributed by atoms with Crippen molar-refractivity contribution < 1.29 is 13.2 Å². The van der Waals surface area contributed by atoms with Crippen molar-refractivity contribution in [3.05, 3.63) is 28.4 Å². The van der Waals surface area contributed by atoms with Crippen molar-refractivity contribution in [1.29, 1.82) is 0 Å². The predicted molar refractivity (Wildman–Crippen MR) is 48.8 cm³/mol. The number of rotatable bonds is 0. The molecule has 0 atom stereocenters. The van der Waals surface area contributed by atoms with E-state index in [1.807, 2.05) is 0 Å². The zero-order chi connectivity index (χ0) is 10.3. The van der Waals surface area contributed by atoms with Gasteiger partial charge in [-0.05, 0) is 12.1 Å². The largest absolute Gasteiger partial charge is 0.418 e. The molecule has 1 aromatic heterocycles. The molecule has 2 rings (SSSR count). The van der Waals surface area contributed by atoms with Gasteiger partial charge < -0.3 is 0 Å². The van der Waals surface area contributed by atoms with Gasteiger partial charge in [0.1, 0.15) is 0 Å². The number of alkyl halides is 3. The van der Waals surface area contributed by atoms with Gasteiger partial charge in [0, 0.05) is 9.86 Å². The van der Waals surface area contributed by atoms with Crippen LogP contribution in [0.4, 0.5) is 13.2 Å². The van der Waals surface area contributed by atoms with Gasteiger partial charge in [-0.2, -0.15) is 18.3 Å². The van der Waals surface area contributed by atoms with Gasteiger partial charge in [0.05, 0.1) is 17.3 Å². The summed E-state index contributed by atoms with van der Waals surface area (Å²) in [7, 11) is 0. The van der Waals surface area contributed by atoms with E-state index in [1.54, 1.807) is 0 Å². The standard InChI is InChI=1S/C8H4BrF3N2/c9-6-2-1-5(8(10,11)12)7-4(6)3-13-14-7/h1-3H,(H,13,14). The Morgan fingerprint density at radius 1 is 1.29 bits per heavy atom. The summed E-state index contributed by atoms with van der Waals surface area (Å²) in [6.07, 6.45) is -3.00. The van der Waals surface area contributed by atoms with E-state index in [0.29, 0.717) is 9.86 Å². The van der Waals surface area contributed by atoms with Crippen molar-refractivity contribution in [3.63, 3.8) is 0 Å². The smallest absolute Gasteiger partial charge is 0.277 e. The van der Waals surface area contributed by atoms with Gasteiger partial charge in [0.25, 0.3) is 0 Å². The van der Waals surface area contributed by atoms with Crippen LogP contribution >= 0.6 is 15.9 Å². The van der Waals surface area contributed by atoms with Gasteiger partial charge in [-0.25, -0.2) is 0 Å². The van der Waals surface area contributed by atoms with Gasteiger partial charge in [0.2, 0.25) is 0 Å². The first-order valence-electron chi connectivity index (χ1n) is 3.69. The van der Waals surface area contributed by atoms with E-state index < -0.39 is 11.7 Å². The molecule has 0 unspecified atom stereocenters. The third-order valence-corrected chi connectivity index (χ3v) is 2.56. The van der Waals surface area contributed by atoms with Crippen molar-refractivity contribution in [1.82, 2.24) is 10.2 Å². The molecule has 0 aliphatic rings. The summed E-state index contributed by atoms with van der Waals surface area (Å²) in [5.74, 6) is 0. The maximum Gasteiger partial charge on any atom is 0.418 e. The van der Waals surface area contributed by atoms with Crippen LogP contribution < -0.4 is 0 Å². The average Bonchev–Trinajstić information content (AvgIpc) is 2.50. The number of fused-ring (bicyclic) bond motifs is 1. The molecule has 1 aromatic carbocycles. The highest BCUT2D eigenvalue weighted by atomic mass is 79.9. The molecule has 2 aromatic rings. The first kappa shape index (κ1) is 9.51. The molecule has 1 heterocycles. The lowest BCUT2D eigenvalue weighted by Crippen LogP contribution is -2.05. The van der Waals surface area contributed by atoms with Gasteiger partial charge >= 0.3 is 6.18 Å². The molecule has 0 saturated carbocycles. The Morgan fingerprint density at radius 3 is 2.64 bits per heavy atom. The van der Waals surface area contributed by atoms with Gasteiger partial charge in [-0.3, -0.25) is 5.10 Å². The predicted octanol–water partition coefficient (Wildman–Crippen LogP) is 3.34. The fraction of sp³-hybridized carbons (Fsp3) is 0.125. The van der Waals surface area contributed by atoms with E-state index in [2.05, 4.69) is 26.1 Å². The van der Waals surface area contributed by atoms with E-state index in [9.17, 15) is 13.2 Å². The molecule has 0 radical (unpaired) electrons. The number of nitrogens with zero attached hydrogens (tertiary/aromatic N) is 1. The fourth-order valence-corrected chi connectivity index (χ4v) is 1.67. The second-order valence-corrected chi connectivity index (χ2v) is 3.61. The molecule has 0 spiro atoms. The second kappa shape index (κ2) is 2.98. The summed E-state index contributed by atoms with van der Waals surface area (Å²) in [4.78, 5) is 0. The Morgan fingerprint density at radius 2 is 2.00 bits per heavy atom. The number of H-pyrrole nitrogens is 1. The van der Waals surface area contributed by atoms with E-state index in [4.69, 9.17) is 0 Å². The zero-order valence-electron chi connectivity index (χ0n) is 6.69. The topological polar surface area (TPSA) is 28.7 Å². The maximum absolute atomic E-state index is 12.5. The van der Waals surface area contributed by atoms with Crippen LogP contribution in [0.25, 0.3) is 10.9 Å². The summed E-state index contributed by atoms with van der Waals surface area (Å²) < 4.78 is 38.0. The lowest BCUT2D eigenvalue weighted by molar-refractivity contribution is -0.136. The Labute approximate surface area is 85.2 Å². The van der Waals surface area contributed by atoms with Crippen molar-refractivity contribution in [2.45, 2.75) is 6.18 Å². The van der Waals surface area contributed by atoms with Crippen LogP contribution in [0.3, 0.4) is 0 Å². The van der Waals surface area contributed by atoms with Crippen LogP contribution in [0.2, 0.25) is 0 Å². The number of hydrogen-bond donors (Lipinski definition) is 1. The Bertz CT molecular complexity index is 475. The normalized spacial score (nSPS) is 12.3. The first-order chi connectivity index (χ1) is 6.50. The zero-order valence-corrected chi connectivity index (χ0v) is 8.28. The highest BCUT2D eigenvalue weighted by Gasteiger charge is 2.33. The van der Waals surface area contributed by atoms with Crippen molar-refractivity contribution in [2.24, 2.45) is 0 Å². The summed E-state index contributed by atoms with van der Waals surface area (Å²) in [5.41, 5.74) is -0.694. The number of halogens is 4. The highest BCUT2D eigenvalue weighted by molar-refractivity contribution is 9.10. The van der Waals surface area contributed by atoms with Gasteiger partial charge in [-0.1, -0.05) is 15.9 Å². The molecule has 0 aliphatic carbocycles. The number of benzene rings is 1. The Hall–Kier alpha value is -1.04. The van der Waals surface area contributed by atoms with Crippen LogP contribution in [-0.4, -0.2) is 10.2 Å². The monoisotopic (exact) mass is 264 g/mol. The van der Waals surface area contributed by atoms with Crippen molar-refractivity contribution >= 4 is 26.8 Å². The van der Waals surface area contributed by atoms with Crippen LogP contribution in [0.15, 0.2) is 22.8 Å². The van der Waals surface area contributed by atoms with E-state index in [-0.39, 0.29) is 5.52 Å². The summed E-state index contributed by atoms with van der Waals surface area (Å²) >= 11 is 3.15. The molecular weight excluding hydrogens is 261 g/mol. The molecular formula is C8H4BrF3N2. The maximum atomic E-state index is 12.5. The summed E-state index contributed by atoms with van der Waals surface area (Å²) in [5, 5.41) is 6.35. The minimum Gasteiger partial charge on any atom is -0.277 e. The third-order valence-electron chi connectivity index (χ3n) is 1.87. The molecule has 74 valence electrons. The average molecular weight is 265 g/mol. The highest BCUT2D eigenvalue weighted by Crippen LogP contribution is 2.36. The van der Waals surface area contributed by atoms with E-state index >= 15 is 0 Å². The van der Waals surface area contributed by atoms with Crippen molar-refractivity contribution in [3.8, 4) is 0 Å². The van der Waals surface area contributed by atoms with Crippen molar-refractivity contribution in [2.75, 3.05) is 0 Å². The number of hydrogen-bond acceptors (Lipinski definition) is 1. The van der Waals surface area contributed by atoms with Crippen LogP contribution in [-0.2, 0) is 6.18 Å². The molecule has 0 aliphatic heterocycles. The quantitative estimate of drug-likeness (QED) is 0.777. The SMILES string of the molecule is FC(F)(F)c1ccc(Br)c2cn[nH]c12. The number of nitrogens with one attached hydrogen (secondary N) is 1. The van der Waals surface area contributed by atoms with Crippen LogP contribution in [0.1, 0.15) is 5.56 Å². The lowest BCUT2D eigenvalue weighted by atomic mass is 10.1. The second-order valence-electron chi connectivity index (χ2n) is 2.75. The van der Waals surface area contributed by atoms with E-state index in [0.717, 1.165) is 6.07 Å². The van der Waals surface area contributed by atoms with Gasteiger partial charge in [-0.15, -0.1) is 0 Å². The molecule has 0 amide bonds.